The van der Waals surface area contributed by atoms with Crippen LogP contribution in [0.4, 0.5) is 5.69 Å². The highest BCUT2D eigenvalue weighted by Crippen LogP contribution is 2.23. The zero-order valence-electron chi connectivity index (χ0n) is 14.6. The number of hydrogen-bond donors (Lipinski definition) is 2. The van der Waals surface area contributed by atoms with Gasteiger partial charge in [0.05, 0.1) is 5.56 Å². The maximum Gasteiger partial charge on any atom is 0.257 e. The predicted octanol–water partition coefficient (Wildman–Crippen LogP) is 2.46. The molecule has 7 heteroatoms. The molecule has 0 aromatic heterocycles. The molecular formula is C19H22ClN3O3. The highest BCUT2D eigenvalue weighted by atomic mass is 35.5. The Morgan fingerprint density at radius 3 is 2.62 bits per heavy atom. The summed E-state index contributed by atoms with van der Waals surface area (Å²) in [7, 11) is 2.00. The number of nitrogens with two attached hydrogens (primary N) is 1. The van der Waals surface area contributed by atoms with E-state index in [0.29, 0.717) is 11.6 Å². The van der Waals surface area contributed by atoms with Crippen LogP contribution in [0.3, 0.4) is 0 Å². The van der Waals surface area contributed by atoms with E-state index >= 15 is 0 Å². The Morgan fingerprint density at radius 2 is 1.92 bits per heavy atom. The number of carbonyl (C=O) groups excluding carboxylic acids is 2. The lowest BCUT2D eigenvalue weighted by molar-refractivity contribution is -0.123. The number of benzene rings is 2. The van der Waals surface area contributed by atoms with Crippen molar-refractivity contribution in [2.45, 2.75) is 6.42 Å². The number of rotatable bonds is 9. The van der Waals surface area contributed by atoms with Crippen LogP contribution in [0.15, 0.2) is 48.5 Å². The summed E-state index contributed by atoms with van der Waals surface area (Å²) >= 11 is 5.88. The first-order valence-corrected chi connectivity index (χ1v) is 8.60. The van der Waals surface area contributed by atoms with E-state index in [1.807, 2.05) is 37.4 Å². The van der Waals surface area contributed by atoms with E-state index in [-0.39, 0.29) is 23.8 Å². The van der Waals surface area contributed by atoms with E-state index in [2.05, 4.69) is 10.2 Å². The third-order valence-electron chi connectivity index (χ3n) is 3.76. The van der Waals surface area contributed by atoms with Crippen LogP contribution in [0.25, 0.3) is 0 Å². The largest absolute Gasteiger partial charge is 0.483 e. The minimum atomic E-state index is -0.638. The Bertz CT molecular complexity index is 753. The third-order valence-corrected chi connectivity index (χ3v) is 3.99. The number of hydrogen-bond acceptors (Lipinski definition) is 4. The molecule has 26 heavy (non-hydrogen) atoms. The van der Waals surface area contributed by atoms with E-state index in [4.69, 9.17) is 22.1 Å². The van der Waals surface area contributed by atoms with Crippen molar-refractivity contribution in [1.82, 2.24) is 5.32 Å². The van der Waals surface area contributed by atoms with Crippen LogP contribution in [-0.4, -0.2) is 38.6 Å². The van der Waals surface area contributed by atoms with Gasteiger partial charge < -0.3 is 20.7 Å². The Kier molecular flexibility index (Phi) is 7.29. The molecule has 138 valence electrons. The van der Waals surface area contributed by atoms with Crippen LogP contribution in [0, 0.1) is 0 Å². The second kappa shape index (κ2) is 9.68. The smallest absolute Gasteiger partial charge is 0.257 e. The van der Waals surface area contributed by atoms with Crippen molar-refractivity contribution in [3.8, 4) is 5.75 Å². The molecule has 2 rings (SSSR count). The average molecular weight is 376 g/mol. The van der Waals surface area contributed by atoms with E-state index in [9.17, 15) is 9.59 Å². The lowest BCUT2D eigenvalue weighted by Crippen LogP contribution is -2.32. The van der Waals surface area contributed by atoms with Gasteiger partial charge in [-0.05, 0) is 36.8 Å². The van der Waals surface area contributed by atoms with Crippen LogP contribution in [-0.2, 0) is 4.79 Å². The number of halogens is 1. The molecule has 0 fully saturated rings. The number of para-hydroxylation sites is 1. The van der Waals surface area contributed by atoms with Gasteiger partial charge in [-0.15, -0.1) is 0 Å². The average Bonchev–Trinajstić information content (AvgIpc) is 2.64. The molecular weight excluding hydrogens is 354 g/mol. The van der Waals surface area contributed by atoms with Crippen LogP contribution in [0.2, 0.25) is 5.02 Å². The minimum Gasteiger partial charge on any atom is -0.483 e. The maximum atomic E-state index is 11.9. The topological polar surface area (TPSA) is 84.7 Å². The standard InChI is InChI=1S/C19H22ClN3O3/c1-23(15-6-3-2-4-7-15)11-5-10-22-18(24)13-26-17-12-14(20)8-9-16(17)19(21)25/h2-4,6-9,12H,5,10-11,13H2,1H3,(H2,21,25)(H,22,24). The number of anilines is 1. The van der Waals surface area contributed by atoms with Crippen molar-refractivity contribution < 1.29 is 14.3 Å². The lowest BCUT2D eigenvalue weighted by Gasteiger charge is -2.19. The molecule has 2 aromatic carbocycles. The number of ether oxygens (including phenoxy) is 1. The number of nitrogens with one attached hydrogen (secondary N) is 1. The van der Waals surface area contributed by atoms with Crippen molar-refractivity contribution in [2.24, 2.45) is 5.73 Å². The zero-order chi connectivity index (χ0) is 18.9. The van der Waals surface area contributed by atoms with Gasteiger partial charge in [0, 0.05) is 30.8 Å². The third kappa shape index (κ3) is 5.97. The molecule has 0 bridgehead atoms. The first-order chi connectivity index (χ1) is 12.5. The van der Waals surface area contributed by atoms with Crippen molar-refractivity contribution >= 4 is 29.1 Å². The van der Waals surface area contributed by atoms with Crippen molar-refractivity contribution in [1.29, 1.82) is 0 Å². The van der Waals surface area contributed by atoms with Crippen molar-refractivity contribution in [3.63, 3.8) is 0 Å². The Hall–Kier alpha value is -2.73. The lowest BCUT2D eigenvalue weighted by atomic mass is 10.2. The molecule has 0 spiro atoms. The fourth-order valence-corrected chi connectivity index (χ4v) is 2.53. The number of carbonyl (C=O) groups is 2. The molecule has 0 atom stereocenters. The molecule has 2 amide bonds. The normalized spacial score (nSPS) is 10.2. The molecule has 0 aliphatic rings. The van der Waals surface area contributed by atoms with Gasteiger partial charge in [0.25, 0.3) is 11.8 Å². The SMILES string of the molecule is CN(CCCNC(=O)COc1cc(Cl)ccc1C(N)=O)c1ccccc1. The number of amides is 2. The van der Waals surface area contributed by atoms with E-state index in [1.165, 1.54) is 18.2 Å². The molecule has 0 unspecified atom stereocenters. The van der Waals surface area contributed by atoms with Crippen molar-refractivity contribution in [3.05, 3.63) is 59.1 Å². The summed E-state index contributed by atoms with van der Waals surface area (Å²) in [6, 6.07) is 14.5. The number of nitrogens with zero attached hydrogens (tertiary/aromatic N) is 1. The quantitative estimate of drug-likeness (QED) is 0.659. The van der Waals surface area contributed by atoms with Crippen LogP contribution >= 0.6 is 11.6 Å². The van der Waals surface area contributed by atoms with Crippen molar-refractivity contribution in [2.75, 3.05) is 31.6 Å². The van der Waals surface area contributed by atoms with Crippen LogP contribution < -0.4 is 20.7 Å². The summed E-state index contributed by atoms with van der Waals surface area (Å²) in [4.78, 5) is 25.4. The minimum absolute atomic E-state index is 0.187. The van der Waals surface area contributed by atoms with Gasteiger partial charge in [-0.25, -0.2) is 0 Å². The second-order valence-corrected chi connectivity index (χ2v) is 6.19. The molecule has 0 aliphatic carbocycles. The van der Waals surface area contributed by atoms with Gasteiger partial charge in [0.1, 0.15) is 5.75 Å². The highest BCUT2D eigenvalue weighted by molar-refractivity contribution is 6.30. The Morgan fingerprint density at radius 1 is 1.19 bits per heavy atom. The summed E-state index contributed by atoms with van der Waals surface area (Å²) in [6.45, 7) is 1.12. The summed E-state index contributed by atoms with van der Waals surface area (Å²) in [5.41, 5.74) is 6.59. The number of primary amides is 1. The van der Waals surface area contributed by atoms with Gasteiger partial charge in [0.2, 0.25) is 0 Å². The molecule has 0 saturated heterocycles. The fourth-order valence-electron chi connectivity index (χ4n) is 2.37. The highest BCUT2D eigenvalue weighted by Gasteiger charge is 2.12. The van der Waals surface area contributed by atoms with E-state index in [0.717, 1.165) is 18.7 Å². The van der Waals surface area contributed by atoms with E-state index in [1.54, 1.807) is 0 Å². The molecule has 3 N–H and O–H groups in total. The van der Waals surface area contributed by atoms with Crippen LogP contribution in [0.1, 0.15) is 16.8 Å². The molecule has 6 nitrogen and oxygen atoms in total. The predicted molar refractivity (Wildman–Crippen MR) is 103 cm³/mol. The monoisotopic (exact) mass is 375 g/mol. The summed E-state index contributed by atoms with van der Waals surface area (Å²) in [5.74, 6) is -0.715. The van der Waals surface area contributed by atoms with Gasteiger partial charge >= 0.3 is 0 Å². The first kappa shape index (κ1) is 19.6. The summed E-state index contributed by atoms with van der Waals surface area (Å²) < 4.78 is 5.38. The van der Waals surface area contributed by atoms with Crippen LogP contribution in [0.5, 0.6) is 5.75 Å². The molecule has 0 saturated carbocycles. The van der Waals surface area contributed by atoms with Gasteiger partial charge in [-0.1, -0.05) is 29.8 Å². The van der Waals surface area contributed by atoms with Gasteiger partial charge in [0.15, 0.2) is 6.61 Å². The summed E-state index contributed by atoms with van der Waals surface area (Å²) in [6.07, 6.45) is 0.792. The van der Waals surface area contributed by atoms with Gasteiger partial charge in [-0.2, -0.15) is 0 Å². The molecule has 2 aromatic rings. The zero-order valence-corrected chi connectivity index (χ0v) is 15.3. The van der Waals surface area contributed by atoms with E-state index < -0.39 is 5.91 Å². The maximum absolute atomic E-state index is 11.9. The Labute approximate surface area is 157 Å². The first-order valence-electron chi connectivity index (χ1n) is 8.22. The summed E-state index contributed by atoms with van der Waals surface area (Å²) in [5, 5.41) is 3.18. The second-order valence-electron chi connectivity index (χ2n) is 5.75. The molecule has 0 radical (unpaired) electrons. The van der Waals surface area contributed by atoms with Gasteiger partial charge in [-0.3, -0.25) is 9.59 Å². The fraction of sp³-hybridized carbons (Fsp3) is 0.263. The molecule has 0 heterocycles. The molecule has 0 aliphatic heterocycles. The Balaban J connectivity index is 1.73.